The van der Waals surface area contributed by atoms with E-state index < -0.39 is 17.7 Å². The van der Waals surface area contributed by atoms with Crippen molar-refractivity contribution in [1.82, 2.24) is 10.2 Å². The lowest BCUT2D eigenvalue weighted by Gasteiger charge is -2.12. The molecule has 0 unspecified atom stereocenters. The summed E-state index contributed by atoms with van der Waals surface area (Å²) < 4.78 is 54.5. The quantitative estimate of drug-likeness (QED) is 0.273. The number of hydrogen-bond acceptors (Lipinski definition) is 2. The van der Waals surface area contributed by atoms with Crippen LogP contribution in [-0.2, 0) is 6.18 Å². The second-order valence-electron chi connectivity index (χ2n) is 6.60. The van der Waals surface area contributed by atoms with Gasteiger partial charge in [0.05, 0.1) is 0 Å². The highest BCUT2D eigenvalue weighted by molar-refractivity contribution is 7.98. The minimum absolute atomic E-state index is 0.101. The predicted molar refractivity (Wildman–Crippen MR) is 112 cm³/mol. The third-order valence-corrected chi connectivity index (χ3v) is 5.51. The van der Waals surface area contributed by atoms with Crippen LogP contribution in [0.4, 0.5) is 17.6 Å². The number of thioether (sulfide) groups is 1. The Kier molecular flexibility index (Phi) is 5.39. The molecule has 0 atom stereocenters. The van der Waals surface area contributed by atoms with E-state index in [0.29, 0.717) is 5.56 Å². The van der Waals surface area contributed by atoms with Crippen LogP contribution in [0.15, 0.2) is 77.7 Å². The maximum Gasteiger partial charge on any atom is 0.433 e. The van der Waals surface area contributed by atoms with Gasteiger partial charge in [-0.15, -0.1) is 11.8 Å². The molecule has 0 fully saturated rings. The summed E-state index contributed by atoms with van der Waals surface area (Å²) in [7, 11) is 0. The first kappa shape index (κ1) is 20.2. The zero-order valence-corrected chi connectivity index (χ0v) is 16.6. The average Bonchev–Trinajstić information content (AvgIpc) is 3.20. The van der Waals surface area contributed by atoms with Crippen LogP contribution in [0.1, 0.15) is 5.69 Å². The Balaban J connectivity index is 1.94. The largest absolute Gasteiger partial charge is 0.433 e. The van der Waals surface area contributed by atoms with Crippen molar-refractivity contribution >= 4 is 11.8 Å². The van der Waals surface area contributed by atoms with Gasteiger partial charge in [0.15, 0.2) is 0 Å². The molecule has 30 heavy (non-hydrogen) atoms. The first-order chi connectivity index (χ1) is 14.4. The molecule has 0 bridgehead atoms. The van der Waals surface area contributed by atoms with Gasteiger partial charge in [0, 0.05) is 16.0 Å². The molecule has 4 aromatic rings. The van der Waals surface area contributed by atoms with Crippen molar-refractivity contribution < 1.29 is 17.6 Å². The summed E-state index contributed by atoms with van der Waals surface area (Å²) in [4.78, 5) is 1.09. The Morgan fingerprint density at radius 1 is 0.800 bits per heavy atom. The van der Waals surface area contributed by atoms with Gasteiger partial charge in [-0.1, -0.05) is 48.5 Å². The van der Waals surface area contributed by atoms with Crippen molar-refractivity contribution in [2.24, 2.45) is 0 Å². The van der Waals surface area contributed by atoms with Crippen LogP contribution < -0.4 is 0 Å². The van der Waals surface area contributed by atoms with Crippen LogP contribution in [-0.4, -0.2) is 16.5 Å². The summed E-state index contributed by atoms with van der Waals surface area (Å²) in [6, 6.07) is 19.9. The molecule has 2 nitrogen and oxygen atoms in total. The molecule has 0 saturated heterocycles. The highest BCUT2D eigenvalue weighted by Crippen LogP contribution is 2.43. The Labute approximate surface area is 175 Å². The number of aromatic nitrogens is 2. The van der Waals surface area contributed by atoms with Crippen molar-refractivity contribution in [3.63, 3.8) is 0 Å². The number of hydrogen-bond donors (Lipinski definition) is 1. The zero-order chi connectivity index (χ0) is 21.3. The SMILES string of the molecule is CSc1ccc(-c2ccccc2-c2n[nH]c(C(F)(F)F)c2-c2ccc(F)cc2)cc1. The van der Waals surface area contributed by atoms with Gasteiger partial charge in [-0.3, -0.25) is 5.10 Å². The summed E-state index contributed by atoms with van der Waals surface area (Å²) in [5, 5.41) is 6.18. The molecule has 1 N–H and O–H groups in total. The summed E-state index contributed by atoms with van der Waals surface area (Å²) >= 11 is 1.61. The van der Waals surface area contributed by atoms with Crippen molar-refractivity contribution in [1.29, 1.82) is 0 Å². The zero-order valence-electron chi connectivity index (χ0n) is 15.8. The average molecular weight is 428 g/mol. The molecule has 1 heterocycles. The molecule has 0 aliphatic rings. The van der Waals surface area contributed by atoms with Gasteiger partial charge in [-0.25, -0.2) is 4.39 Å². The molecule has 152 valence electrons. The molecule has 3 aromatic carbocycles. The fourth-order valence-electron chi connectivity index (χ4n) is 3.35. The van der Waals surface area contributed by atoms with Gasteiger partial charge in [-0.2, -0.15) is 18.3 Å². The highest BCUT2D eigenvalue weighted by atomic mass is 32.2. The molecule has 0 amide bonds. The van der Waals surface area contributed by atoms with Crippen LogP contribution in [0, 0.1) is 5.82 Å². The number of alkyl halides is 3. The normalized spacial score (nSPS) is 11.6. The number of nitrogens with one attached hydrogen (secondary N) is 1. The molecule has 4 rings (SSSR count). The number of rotatable bonds is 4. The maximum absolute atomic E-state index is 13.7. The van der Waals surface area contributed by atoms with E-state index in [1.165, 1.54) is 12.1 Å². The van der Waals surface area contributed by atoms with Crippen molar-refractivity contribution in [3.8, 4) is 33.5 Å². The number of halogens is 4. The van der Waals surface area contributed by atoms with E-state index >= 15 is 0 Å². The van der Waals surface area contributed by atoms with Crippen LogP contribution in [0.5, 0.6) is 0 Å². The lowest BCUT2D eigenvalue weighted by Crippen LogP contribution is -2.07. The second kappa shape index (κ2) is 7.99. The number of nitrogens with zero attached hydrogens (tertiary/aromatic N) is 1. The van der Waals surface area contributed by atoms with Gasteiger partial charge in [0.2, 0.25) is 0 Å². The first-order valence-corrected chi connectivity index (χ1v) is 10.3. The Bertz CT molecular complexity index is 1160. The fraction of sp³-hybridized carbons (Fsp3) is 0.0870. The third kappa shape index (κ3) is 3.85. The molecule has 1 aromatic heterocycles. The van der Waals surface area contributed by atoms with E-state index in [9.17, 15) is 17.6 Å². The molecule has 0 saturated carbocycles. The van der Waals surface area contributed by atoms with Crippen molar-refractivity contribution in [3.05, 3.63) is 84.3 Å². The van der Waals surface area contributed by atoms with Crippen molar-refractivity contribution in [2.75, 3.05) is 6.26 Å². The van der Waals surface area contributed by atoms with Crippen molar-refractivity contribution in [2.45, 2.75) is 11.1 Å². The van der Waals surface area contributed by atoms with E-state index in [1.807, 2.05) is 42.7 Å². The monoisotopic (exact) mass is 428 g/mol. The van der Waals surface area contributed by atoms with Crippen LogP contribution in [0.2, 0.25) is 0 Å². The minimum atomic E-state index is -4.64. The molecule has 0 spiro atoms. The Morgan fingerprint density at radius 3 is 2.00 bits per heavy atom. The topological polar surface area (TPSA) is 28.7 Å². The second-order valence-corrected chi connectivity index (χ2v) is 7.48. The Hall–Kier alpha value is -3.06. The molecule has 7 heteroatoms. The molecular weight excluding hydrogens is 412 g/mol. The molecule has 0 radical (unpaired) electrons. The minimum Gasteiger partial charge on any atom is -0.272 e. The standard InChI is InChI=1S/C23H16F4N2S/c1-30-17-12-8-14(9-13-17)18-4-2-3-5-19(18)21-20(15-6-10-16(24)11-7-15)22(29-28-21)23(25,26)27/h2-13H,1H3,(H,28,29). The first-order valence-electron chi connectivity index (χ1n) is 9.04. The fourth-order valence-corrected chi connectivity index (χ4v) is 3.76. The van der Waals surface area contributed by atoms with Gasteiger partial charge < -0.3 is 0 Å². The summed E-state index contributed by atoms with van der Waals surface area (Å²) in [6.45, 7) is 0. The molecular formula is C23H16F4N2S. The lowest BCUT2D eigenvalue weighted by molar-refractivity contribution is -0.140. The smallest absolute Gasteiger partial charge is 0.272 e. The van der Waals surface area contributed by atoms with Gasteiger partial charge in [0.1, 0.15) is 17.2 Å². The van der Waals surface area contributed by atoms with Gasteiger partial charge >= 0.3 is 6.18 Å². The number of benzene rings is 3. The van der Waals surface area contributed by atoms with E-state index in [1.54, 1.807) is 23.9 Å². The summed E-state index contributed by atoms with van der Waals surface area (Å²) in [5.74, 6) is -0.522. The summed E-state index contributed by atoms with van der Waals surface area (Å²) in [5.41, 5.74) is 1.52. The number of H-pyrrole nitrogens is 1. The third-order valence-electron chi connectivity index (χ3n) is 4.77. The van der Waals surface area contributed by atoms with E-state index in [0.717, 1.165) is 28.2 Å². The van der Waals surface area contributed by atoms with Crippen LogP contribution >= 0.6 is 11.8 Å². The van der Waals surface area contributed by atoms with E-state index in [2.05, 4.69) is 10.2 Å². The maximum atomic E-state index is 13.7. The van der Waals surface area contributed by atoms with Gasteiger partial charge in [-0.05, 0) is 47.2 Å². The molecule has 0 aliphatic carbocycles. The molecule has 0 aliphatic heterocycles. The lowest BCUT2D eigenvalue weighted by atomic mass is 9.93. The summed E-state index contributed by atoms with van der Waals surface area (Å²) in [6.07, 6.45) is -2.66. The van der Waals surface area contributed by atoms with Crippen LogP contribution in [0.25, 0.3) is 33.5 Å². The van der Waals surface area contributed by atoms with Crippen LogP contribution in [0.3, 0.4) is 0 Å². The Morgan fingerprint density at radius 2 is 1.40 bits per heavy atom. The number of aromatic amines is 1. The van der Waals surface area contributed by atoms with E-state index in [4.69, 9.17) is 0 Å². The highest BCUT2D eigenvalue weighted by Gasteiger charge is 2.38. The van der Waals surface area contributed by atoms with E-state index in [-0.39, 0.29) is 16.8 Å². The van der Waals surface area contributed by atoms with Gasteiger partial charge in [0.25, 0.3) is 0 Å². The predicted octanol–water partition coefficient (Wildman–Crippen LogP) is 7.29.